The zero-order valence-corrected chi connectivity index (χ0v) is 20.0. The van der Waals surface area contributed by atoms with Crippen LogP contribution in [0.2, 0.25) is 0 Å². The van der Waals surface area contributed by atoms with Crippen molar-refractivity contribution in [1.82, 2.24) is 8.87 Å². The van der Waals surface area contributed by atoms with E-state index < -0.39 is 15.8 Å². The van der Waals surface area contributed by atoms with Gasteiger partial charge in [0.05, 0.1) is 23.2 Å². The second kappa shape index (κ2) is 10.4. The molecule has 0 saturated carbocycles. The molecule has 1 aliphatic rings. The minimum atomic E-state index is -3.66. The molecule has 0 unspecified atom stereocenters. The molecule has 1 aliphatic heterocycles. The van der Waals surface area contributed by atoms with Gasteiger partial charge >= 0.3 is 5.76 Å². The number of aromatic nitrogens is 1. The lowest BCUT2D eigenvalue weighted by atomic mass is 10.2. The molecule has 0 radical (unpaired) electrons. The first-order chi connectivity index (χ1) is 16.4. The number of ether oxygens (including phenoxy) is 1. The Morgan fingerprint density at radius 1 is 1.09 bits per heavy atom. The number of rotatable bonds is 8. The maximum atomic E-state index is 13.2. The molecule has 0 spiro atoms. The molecule has 1 fully saturated rings. The van der Waals surface area contributed by atoms with Crippen LogP contribution in [-0.4, -0.2) is 43.4 Å². The molecule has 182 valence electrons. The fraction of sp³-hybridized carbons (Fsp3) is 0.417. The third-order valence-electron chi connectivity index (χ3n) is 6.01. The summed E-state index contributed by atoms with van der Waals surface area (Å²) in [4.78, 5) is 24.8. The Bertz CT molecular complexity index is 1320. The van der Waals surface area contributed by atoms with Crippen LogP contribution < -0.4 is 15.8 Å². The number of hydrogen-bond donors (Lipinski definition) is 1. The van der Waals surface area contributed by atoms with Crippen LogP contribution in [-0.2, 0) is 21.4 Å². The highest BCUT2D eigenvalue weighted by molar-refractivity contribution is 7.89. The van der Waals surface area contributed by atoms with Crippen molar-refractivity contribution in [2.75, 3.05) is 25.5 Å². The van der Waals surface area contributed by atoms with Crippen molar-refractivity contribution in [2.45, 2.75) is 50.0 Å². The van der Waals surface area contributed by atoms with E-state index in [-0.39, 0.29) is 17.2 Å². The van der Waals surface area contributed by atoms with E-state index in [1.54, 1.807) is 24.3 Å². The van der Waals surface area contributed by atoms with Crippen molar-refractivity contribution in [2.24, 2.45) is 0 Å². The van der Waals surface area contributed by atoms with Crippen LogP contribution >= 0.6 is 0 Å². The van der Waals surface area contributed by atoms with Gasteiger partial charge < -0.3 is 14.5 Å². The Morgan fingerprint density at radius 3 is 2.56 bits per heavy atom. The Balaban J connectivity index is 1.44. The van der Waals surface area contributed by atoms with Gasteiger partial charge in [-0.1, -0.05) is 25.0 Å². The fourth-order valence-electron chi connectivity index (χ4n) is 4.21. The van der Waals surface area contributed by atoms with E-state index in [4.69, 9.17) is 9.15 Å². The summed E-state index contributed by atoms with van der Waals surface area (Å²) < 4.78 is 39.9. The Hall–Kier alpha value is -3.11. The molecule has 1 amide bonds. The highest BCUT2D eigenvalue weighted by Crippen LogP contribution is 2.30. The van der Waals surface area contributed by atoms with Gasteiger partial charge in [0.15, 0.2) is 5.58 Å². The van der Waals surface area contributed by atoms with E-state index in [0.29, 0.717) is 48.6 Å². The number of fused-ring (bicyclic) bond motifs is 1. The van der Waals surface area contributed by atoms with E-state index in [1.807, 2.05) is 6.07 Å². The summed E-state index contributed by atoms with van der Waals surface area (Å²) in [6.45, 7) is 1.32. The highest BCUT2D eigenvalue weighted by atomic mass is 32.2. The number of amides is 1. The summed E-state index contributed by atoms with van der Waals surface area (Å²) >= 11 is 0. The van der Waals surface area contributed by atoms with Crippen LogP contribution in [0.1, 0.15) is 38.5 Å². The maximum absolute atomic E-state index is 13.2. The molecule has 10 heteroatoms. The summed E-state index contributed by atoms with van der Waals surface area (Å²) in [5, 5.41) is 2.76. The third kappa shape index (κ3) is 5.18. The second-order valence-electron chi connectivity index (χ2n) is 8.32. The van der Waals surface area contributed by atoms with Crippen molar-refractivity contribution < 1.29 is 22.4 Å². The lowest BCUT2D eigenvalue weighted by Gasteiger charge is -2.21. The minimum Gasteiger partial charge on any atom is -0.495 e. The number of oxazole rings is 1. The molecule has 1 aromatic heterocycles. The molecule has 1 saturated heterocycles. The molecule has 2 heterocycles. The van der Waals surface area contributed by atoms with Gasteiger partial charge in [-0.05, 0) is 49.6 Å². The predicted octanol–water partition coefficient (Wildman–Crippen LogP) is 3.59. The number of aryl methyl sites for hydroxylation is 1. The van der Waals surface area contributed by atoms with Gasteiger partial charge in [0.2, 0.25) is 15.9 Å². The average Bonchev–Trinajstić information content (AvgIpc) is 2.98. The predicted molar refractivity (Wildman–Crippen MR) is 129 cm³/mol. The quantitative estimate of drug-likeness (QED) is 0.520. The van der Waals surface area contributed by atoms with Crippen molar-refractivity contribution in [1.29, 1.82) is 0 Å². The summed E-state index contributed by atoms with van der Waals surface area (Å²) in [5.41, 5.74) is 1.49. The normalized spacial score (nSPS) is 15.2. The van der Waals surface area contributed by atoms with Gasteiger partial charge in [-0.15, -0.1) is 0 Å². The van der Waals surface area contributed by atoms with Crippen LogP contribution in [0.5, 0.6) is 5.75 Å². The summed E-state index contributed by atoms with van der Waals surface area (Å²) in [7, 11) is -2.20. The standard InChI is InChI=1S/C24H29N3O6S/c1-32-21-13-12-18(34(30,31)26-14-6-2-3-7-15-26)17-19(21)25-23(28)11-8-16-27-20-9-4-5-10-22(20)33-24(27)29/h4-5,9-10,12-13,17H,2-3,6-8,11,14-16H2,1H3,(H,25,28). The van der Waals surface area contributed by atoms with Gasteiger partial charge in [0, 0.05) is 26.1 Å². The molecular formula is C24H29N3O6S. The van der Waals surface area contributed by atoms with Crippen LogP contribution in [0, 0.1) is 0 Å². The van der Waals surface area contributed by atoms with Crippen LogP contribution in [0.15, 0.2) is 56.6 Å². The zero-order valence-electron chi connectivity index (χ0n) is 19.2. The molecule has 1 N–H and O–H groups in total. The summed E-state index contributed by atoms with van der Waals surface area (Å²) in [6.07, 6.45) is 4.27. The first kappa shape index (κ1) is 24.0. The SMILES string of the molecule is COc1ccc(S(=O)(=O)N2CCCCCC2)cc1NC(=O)CCCn1c(=O)oc2ccccc21. The first-order valence-electron chi connectivity index (χ1n) is 11.5. The smallest absolute Gasteiger partial charge is 0.419 e. The fourth-order valence-corrected chi connectivity index (χ4v) is 5.76. The lowest BCUT2D eigenvalue weighted by Crippen LogP contribution is -2.32. The van der Waals surface area contributed by atoms with E-state index in [1.165, 1.54) is 28.1 Å². The number of nitrogens with zero attached hydrogens (tertiary/aromatic N) is 2. The number of hydrogen-bond acceptors (Lipinski definition) is 6. The first-order valence-corrected chi connectivity index (χ1v) is 12.9. The molecule has 2 aromatic carbocycles. The lowest BCUT2D eigenvalue weighted by molar-refractivity contribution is -0.116. The van der Waals surface area contributed by atoms with Crippen LogP contribution in [0.3, 0.4) is 0 Å². The average molecular weight is 488 g/mol. The van der Waals surface area contributed by atoms with Crippen molar-refractivity contribution in [3.8, 4) is 5.75 Å². The largest absolute Gasteiger partial charge is 0.495 e. The van der Waals surface area contributed by atoms with Crippen molar-refractivity contribution in [3.63, 3.8) is 0 Å². The van der Waals surface area contributed by atoms with Crippen molar-refractivity contribution in [3.05, 3.63) is 53.0 Å². The van der Waals surface area contributed by atoms with E-state index >= 15 is 0 Å². The number of para-hydroxylation sites is 2. The maximum Gasteiger partial charge on any atom is 0.419 e. The zero-order chi connectivity index (χ0) is 24.1. The minimum absolute atomic E-state index is 0.127. The number of nitrogens with one attached hydrogen (secondary N) is 1. The number of anilines is 1. The molecule has 0 bridgehead atoms. The summed E-state index contributed by atoms with van der Waals surface area (Å²) in [5.74, 6) is -0.390. The Labute approximate surface area is 198 Å². The number of carbonyl (C=O) groups excluding carboxylic acids is 1. The molecular weight excluding hydrogens is 458 g/mol. The van der Waals surface area contributed by atoms with Gasteiger partial charge in [-0.25, -0.2) is 13.2 Å². The monoisotopic (exact) mass is 487 g/mol. The number of sulfonamides is 1. The molecule has 9 nitrogen and oxygen atoms in total. The van der Waals surface area contributed by atoms with Gasteiger partial charge in [-0.2, -0.15) is 4.31 Å². The molecule has 4 rings (SSSR count). The Morgan fingerprint density at radius 2 is 1.82 bits per heavy atom. The molecule has 0 atom stereocenters. The van der Waals surface area contributed by atoms with E-state index in [2.05, 4.69) is 5.32 Å². The number of methoxy groups -OCH3 is 1. The third-order valence-corrected chi connectivity index (χ3v) is 7.90. The van der Waals surface area contributed by atoms with E-state index in [9.17, 15) is 18.0 Å². The summed E-state index contributed by atoms with van der Waals surface area (Å²) in [6, 6.07) is 11.6. The van der Waals surface area contributed by atoms with Gasteiger partial charge in [0.1, 0.15) is 5.75 Å². The number of carbonyl (C=O) groups is 1. The van der Waals surface area contributed by atoms with Crippen molar-refractivity contribution >= 4 is 32.7 Å². The molecule has 34 heavy (non-hydrogen) atoms. The Kier molecular flexibility index (Phi) is 7.38. The molecule has 0 aliphatic carbocycles. The van der Waals surface area contributed by atoms with Gasteiger partial charge in [0.25, 0.3) is 0 Å². The molecule has 3 aromatic rings. The topological polar surface area (TPSA) is 111 Å². The second-order valence-corrected chi connectivity index (χ2v) is 10.3. The van der Waals surface area contributed by atoms with Gasteiger partial charge in [-0.3, -0.25) is 9.36 Å². The van der Waals surface area contributed by atoms with E-state index in [0.717, 1.165) is 25.7 Å². The number of benzene rings is 2. The van der Waals surface area contributed by atoms with Crippen LogP contribution in [0.4, 0.5) is 5.69 Å². The van der Waals surface area contributed by atoms with Crippen LogP contribution in [0.25, 0.3) is 11.1 Å². The highest BCUT2D eigenvalue weighted by Gasteiger charge is 2.26.